The van der Waals surface area contributed by atoms with E-state index in [1.807, 2.05) is 54.6 Å². The van der Waals surface area contributed by atoms with E-state index in [-0.39, 0.29) is 11.9 Å². The zero-order chi connectivity index (χ0) is 19.8. The highest BCUT2D eigenvalue weighted by Crippen LogP contribution is 2.13. The van der Waals surface area contributed by atoms with Gasteiger partial charge in [-0.25, -0.2) is 4.79 Å². The second-order valence-corrected chi connectivity index (χ2v) is 6.51. The normalized spacial score (nSPS) is 10.3. The molecule has 0 heterocycles. The fraction of sp³-hybridized carbons (Fsp3) is 0.167. The van der Waals surface area contributed by atoms with E-state index in [1.165, 1.54) is 12.7 Å². The van der Waals surface area contributed by atoms with Crippen LogP contribution in [0.2, 0.25) is 0 Å². The molecule has 0 aliphatic heterocycles. The fourth-order valence-electron chi connectivity index (χ4n) is 3.04. The Bertz CT molecular complexity index is 934. The molecule has 3 aromatic carbocycles. The lowest BCUT2D eigenvalue weighted by molar-refractivity contribution is 0.0600. The Morgan fingerprint density at radius 2 is 1.46 bits per heavy atom. The van der Waals surface area contributed by atoms with E-state index < -0.39 is 0 Å². The van der Waals surface area contributed by atoms with Gasteiger partial charge in [0.15, 0.2) is 0 Å². The first-order chi connectivity index (χ1) is 13.7. The van der Waals surface area contributed by atoms with E-state index in [0.717, 1.165) is 24.0 Å². The predicted molar refractivity (Wildman–Crippen MR) is 109 cm³/mol. The molecule has 142 valence electrons. The third kappa shape index (κ3) is 5.07. The summed E-state index contributed by atoms with van der Waals surface area (Å²) in [5.74, 6) is -0.469. The van der Waals surface area contributed by atoms with Gasteiger partial charge in [0.2, 0.25) is 0 Å². The topological polar surface area (TPSA) is 55.4 Å². The predicted octanol–water partition coefficient (Wildman–Crippen LogP) is 4.19. The molecular formula is C24H23NO3. The summed E-state index contributed by atoms with van der Waals surface area (Å²) in [6.07, 6.45) is 1.70. The van der Waals surface area contributed by atoms with Gasteiger partial charge in [-0.15, -0.1) is 0 Å². The molecule has 3 aromatic rings. The van der Waals surface area contributed by atoms with Crippen LogP contribution in [0.15, 0.2) is 78.9 Å². The van der Waals surface area contributed by atoms with Gasteiger partial charge in [0.1, 0.15) is 0 Å². The van der Waals surface area contributed by atoms with Crippen LogP contribution in [0.25, 0.3) is 0 Å². The largest absolute Gasteiger partial charge is 0.465 e. The number of nitrogens with one attached hydrogen (secondary N) is 1. The number of rotatable bonds is 7. The van der Waals surface area contributed by atoms with E-state index in [0.29, 0.717) is 17.7 Å². The van der Waals surface area contributed by atoms with Crippen molar-refractivity contribution in [2.24, 2.45) is 0 Å². The number of ether oxygens (including phenoxy) is 1. The second kappa shape index (κ2) is 9.51. The monoisotopic (exact) mass is 373 g/mol. The summed E-state index contributed by atoms with van der Waals surface area (Å²) in [6.45, 7) is 0.396. The standard InChI is InChI=1S/C24H23NO3/c1-28-24(27)21-15-12-19(13-16-21)17-25-23(26)22-10-6-5-9-20(22)14-11-18-7-3-2-4-8-18/h2-10,12-13,15-16H,11,14,17H2,1H3,(H,25,26). The van der Waals surface area contributed by atoms with Crippen molar-refractivity contribution in [2.45, 2.75) is 19.4 Å². The maximum absolute atomic E-state index is 12.7. The van der Waals surface area contributed by atoms with Crippen molar-refractivity contribution in [1.82, 2.24) is 5.32 Å². The number of benzene rings is 3. The molecule has 1 N–H and O–H groups in total. The van der Waals surface area contributed by atoms with Gasteiger partial charge in [0, 0.05) is 12.1 Å². The molecule has 4 nitrogen and oxygen atoms in total. The molecule has 0 saturated carbocycles. The van der Waals surface area contributed by atoms with Crippen molar-refractivity contribution in [3.8, 4) is 0 Å². The smallest absolute Gasteiger partial charge is 0.337 e. The number of aryl methyl sites for hydroxylation is 2. The summed E-state index contributed by atoms with van der Waals surface area (Å²) in [5.41, 5.74) is 4.39. The molecule has 28 heavy (non-hydrogen) atoms. The third-order valence-electron chi connectivity index (χ3n) is 4.62. The highest BCUT2D eigenvalue weighted by Gasteiger charge is 2.11. The van der Waals surface area contributed by atoms with Crippen molar-refractivity contribution in [3.05, 3.63) is 107 Å². The molecule has 1 amide bonds. The van der Waals surface area contributed by atoms with Gasteiger partial charge in [0.05, 0.1) is 12.7 Å². The van der Waals surface area contributed by atoms with Gasteiger partial charge >= 0.3 is 5.97 Å². The average Bonchev–Trinajstić information content (AvgIpc) is 2.76. The maximum Gasteiger partial charge on any atom is 0.337 e. The van der Waals surface area contributed by atoms with Crippen LogP contribution in [0.3, 0.4) is 0 Å². The molecule has 0 aromatic heterocycles. The Hall–Kier alpha value is -3.40. The zero-order valence-electron chi connectivity index (χ0n) is 15.9. The molecule has 0 radical (unpaired) electrons. The number of methoxy groups -OCH3 is 1. The van der Waals surface area contributed by atoms with E-state index >= 15 is 0 Å². The first kappa shape index (κ1) is 19.4. The number of carbonyl (C=O) groups is 2. The van der Waals surface area contributed by atoms with Gasteiger partial charge < -0.3 is 10.1 Å². The van der Waals surface area contributed by atoms with Gasteiger partial charge in [-0.05, 0) is 47.7 Å². The molecule has 3 rings (SSSR count). The minimum absolute atomic E-state index is 0.0966. The summed E-state index contributed by atoms with van der Waals surface area (Å²) in [6, 6.07) is 25.0. The lowest BCUT2D eigenvalue weighted by atomic mass is 9.99. The summed E-state index contributed by atoms with van der Waals surface area (Å²) in [4.78, 5) is 24.2. The molecule has 0 aliphatic carbocycles. The van der Waals surface area contributed by atoms with Crippen molar-refractivity contribution in [2.75, 3.05) is 7.11 Å². The number of hydrogen-bond acceptors (Lipinski definition) is 3. The Labute approximate surface area is 165 Å². The number of carbonyl (C=O) groups excluding carboxylic acids is 2. The molecule has 0 spiro atoms. The van der Waals surface area contributed by atoms with E-state index in [4.69, 9.17) is 4.74 Å². The minimum atomic E-state index is -0.372. The highest BCUT2D eigenvalue weighted by molar-refractivity contribution is 5.95. The Balaban J connectivity index is 1.62. The van der Waals surface area contributed by atoms with Crippen LogP contribution >= 0.6 is 0 Å². The van der Waals surface area contributed by atoms with Crippen LogP contribution in [0.4, 0.5) is 0 Å². The fourth-order valence-corrected chi connectivity index (χ4v) is 3.04. The molecule has 0 bridgehead atoms. The lowest BCUT2D eigenvalue weighted by Crippen LogP contribution is -2.24. The van der Waals surface area contributed by atoms with E-state index in [2.05, 4.69) is 17.4 Å². The Morgan fingerprint density at radius 1 is 0.786 bits per heavy atom. The van der Waals surface area contributed by atoms with E-state index in [1.54, 1.807) is 12.1 Å². The quantitative estimate of drug-likeness (QED) is 0.632. The molecule has 0 saturated heterocycles. The van der Waals surface area contributed by atoms with Crippen molar-refractivity contribution in [3.63, 3.8) is 0 Å². The molecular weight excluding hydrogens is 350 g/mol. The summed E-state index contributed by atoms with van der Waals surface area (Å²) >= 11 is 0. The van der Waals surface area contributed by atoms with Crippen molar-refractivity contribution in [1.29, 1.82) is 0 Å². The van der Waals surface area contributed by atoms with E-state index in [9.17, 15) is 9.59 Å². The maximum atomic E-state index is 12.7. The Kier molecular flexibility index (Phi) is 6.58. The van der Waals surface area contributed by atoms with Crippen molar-refractivity contribution >= 4 is 11.9 Å². The summed E-state index contributed by atoms with van der Waals surface area (Å²) in [7, 11) is 1.35. The first-order valence-electron chi connectivity index (χ1n) is 9.24. The molecule has 4 heteroatoms. The van der Waals surface area contributed by atoms with Crippen LogP contribution in [-0.4, -0.2) is 19.0 Å². The molecule has 0 atom stereocenters. The van der Waals surface area contributed by atoms with Gasteiger partial charge in [-0.2, -0.15) is 0 Å². The van der Waals surface area contributed by atoms with Crippen LogP contribution in [0, 0.1) is 0 Å². The number of esters is 1. The SMILES string of the molecule is COC(=O)c1ccc(CNC(=O)c2ccccc2CCc2ccccc2)cc1. The first-order valence-corrected chi connectivity index (χ1v) is 9.24. The number of amides is 1. The van der Waals surface area contributed by atoms with Crippen LogP contribution in [0.1, 0.15) is 37.4 Å². The van der Waals surface area contributed by atoms with Crippen LogP contribution in [-0.2, 0) is 24.1 Å². The van der Waals surface area contributed by atoms with Crippen molar-refractivity contribution < 1.29 is 14.3 Å². The van der Waals surface area contributed by atoms with Gasteiger partial charge in [-0.3, -0.25) is 4.79 Å². The average molecular weight is 373 g/mol. The molecule has 0 fully saturated rings. The second-order valence-electron chi connectivity index (χ2n) is 6.51. The zero-order valence-corrected chi connectivity index (χ0v) is 15.9. The number of hydrogen-bond donors (Lipinski definition) is 1. The Morgan fingerprint density at radius 3 is 2.18 bits per heavy atom. The minimum Gasteiger partial charge on any atom is -0.465 e. The van der Waals surface area contributed by atoms with Gasteiger partial charge in [0.25, 0.3) is 5.91 Å². The third-order valence-corrected chi connectivity index (χ3v) is 4.62. The van der Waals surface area contributed by atoms with Gasteiger partial charge in [-0.1, -0.05) is 60.7 Å². The summed E-state index contributed by atoms with van der Waals surface area (Å²) in [5, 5.41) is 2.96. The molecule has 0 aliphatic rings. The highest BCUT2D eigenvalue weighted by atomic mass is 16.5. The lowest BCUT2D eigenvalue weighted by Gasteiger charge is -2.11. The molecule has 0 unspecified atom stereocenters. The van der Waals surface area contributed by atoms with Crippen LogP contribution in [0.5, 0.6) is 0 Å². The summed E-state index contributed by atoms with van der Waals surface area (Å²) < 4.78 is 4.69. The van der Waals surface area contributed by atoms with Crippen LogP contribution < -0.4 is 5.32 Å².